The second-order valence-corrected chi connectivity index (χ2v) is 4.58. The third kappa shape index (κ3) is 1.79. The van der Waals surface area contributed by atoms with Gasteiger partial charge in [-0.25, -0.2) is 0 Å². The van der Waals surface area contributed by atoms with Crippen LogP contribution in [0.1, 0.15) is 17.9 Å². The Morgan fingerprint density at radius 2 is 2.36 bits per heavy atom. The summed E-state index contributed by atoms with van der Waals surface area (Å²) < 4.78 is 6.37. The summed E-state index contributed by atoms with van der Waals surface area (Å²) in [6, 6.07) is 6.11. The van der Waals surface area contributed by atoms with Crippen molar-refractivity contribution in [1.82, 2.24) is 0 Å². The Balaban J connectivity index is 2.24. The first-order valence-corrected chi connectivity index (χ1v) is 5.59. The maximum absolute atomic E-state index is 5.64. The molecule has 3 heteroatoms. The summed E-state index contributed by atoms with van der Waals surface area (Å²) in [5.74, 6) is 2.22. The molecule has 14 heavy (non-hydrogen) atoms. The number of nitrogens with two attached hydrogens (primary N) is 1. The molecule has 0 aromatic heterocycles. The second kappa shape index (κ2) is 3.91. The lowest BCUT2D eigenvalue weighted by Crippen LogP contribution is -2.02. The number of halogens is 1. The van der Waals surface area contributed by atoms with E-state index in [1.165, 1.54) is 16.5 Å². The minimum absolute atomic E-state index is 0.629. The van der Waals surface area contributed by atoms with Gasteiger partial charge in [0, 0.05) is 4.47 Å². The Kier molecular flexibility index (Phi) is 2.79. The van der Waals surface area contributed by atoms with Crippen LogP contribution in [0.25, 0.3) is 0 Å². The van der Waals surface area contributed by atoms with Crippen LogP contribution < -0.4 is 10.5 Å². The van der Waals surface area contributed by atoms with Crippen molar-refractivity contribution in [2.45, 2.75) is 12.3 Å². The molecular weight excluding hydrogens is 242 g/mol. The minimum atomic E-state index is 0.629. The number of hydrogen-bond donors (Lipinski definition) is 1. The molecule has 2 rings (SSSR count). The molecule has 2 atom stereocenters. The van der Waals surface area contributed by atoms with E-state index < -0.39 is 0 Å². The highest BCUT2D eigenvalue weighted by Crippen LogP contribution is 2.49. The third-order valence-electron chi connectivity index (χ3n) is 2.83. The molecule has 1 aliphatic rings. The molecule has 0 aliphatic heterocycles. The summed E-state index contributed by atoms with van der Waals surface area (Å²) in [6.07, 6.45) is 1.21. The van der Waals surface area contributed by atoms with Gasteiger partial charge in [0.1, 0.15) is 5.75 Å². The van der Waals surface area contributed by atoms with Crippen molar-refractivity contribution in [3.05, 3.63) is 28.2 Å². The Hall–Kier alpha value is -0.540. The van der Waals surface area contributed by atoms with Crippen LogP contribution in [0.2, 0.25) is 0 Å². The second-order valence-electron chi connectivity index (χ2n) is 3.73. The van der Waals surface area contributed by atoms with E-state index in [-0.39, 0.29) is 0 Å². The molecule has 2 unspecified atom stereocenters. The maximum Gasteiger partial charge on any atom is 0.119 e. The van der Waals surface area contributed by atoms with Crippen LogP contribution in [0.4, 0.5) is 0 Å². The molecule has 76 valence electrons. The zero-order valence-electron chi connectivity index (χ0n) is 8.16. The van der Waals surface area contributed by atoms with E-state index in [1.54, 1.807) is 7.11 Å². The first-order chi connectivity index (χ1) is 6.76. The number of methoxy groups -OCH3 is 1. The Morgan fingerprint density at radius 1 is 1.57 bits per heavy atom. The van der Waals surface area contributed by atoms with Crippen LogP contribution in [-0.4, -0.2) is 13.7 Å². The maximum atomic E-state index is 5.64. The van der Waals surface area contributed by atoms with Crippen LogP contribution >= 0.6 is 15.9 Å². The van der Waals surface area contributed by atoms with E-state index in [0.29, 0.717) is 11.8 Å². The first-order valence-electron chi connectivity index (χ1n) is 4.79. The molecule has 0 heterocycles. The molecule has 0 amide bonds. The van der Waals surface area contributed by atoms with Gasteiger partial charge >= 0.3 is 0 Å². The Bertz CT molecular complexity index is 340. The smallest absolute Gasteiger partial charge is 0.119 e. The Labute approximate surface area is 92.6 Å². The molecule has 1 aliphatic carbocycles. The number of benzene rings is 1. The van der Waals surface area contributed by atoms with Crippen molar-refractivity contribution in [3.63, 3.8) is 0 Å². The summed E-state index contributed by atoms with van der Waals surface area (Å²) in [4.78, 5) is 0. The molecule has 0 spiro atoms. The average molecular weight is 256 g/mol. The molecule has 1 saturated carbocycles. The van der Waals surface area contributed by atoms with Crippen LogP contribution in [0.5, 0.6) is 5.75 Å². The van der Waals surface area contributed by atoms with Gasteiger partial charge in [-0.05, 0) is 48.6 Å². The zero-order chi connectivity index (χ0) is 10.1. The van der Waals surface area contributed by atoms with E-state index in [4.69, 9.17) is 10.5 Å². The summed E-state index contributed by atoms with van der Waals surface area (Å²) >= 11 is 3.56. The van der Waals surface area contributed by atoms with Gasteiger partial charge in [0.15, 0.2) is 0 Å². The van der Waals surface area contributed by atoms with Gasteiger partial charge in [-0.1, -0.05) is 15.9 Å². The predicted molar refractivity (Wildman–Crippen MR) is 60.6 cm³/mol. The van der Waals surface area contributed by atoms with Gasteiger partial charge < -0.3 is 10.5 Å². The van der Waals surface area contributed by atoms with E-state index in [1.807, 2.05) is 12.1 Å². The van der Waals surface area contributed by atoms with Crippen LogP contribution in [0.15, 0.2) is 22.7 Å². The number of rotatable bonds is 3. The molecule has 1 aromatic carbocycles. The van der Waals surface area contributed by atoms with Crippen LogP contribution in [0, 0.1) is 5.92 Å². The Morgan fingerprint density at radius 3 is 2.93 bits per heavy atom. The summed E-state index contributed by atoms with van der Waals surface area (Å²) in [7, 11) is 1.69. The van der Waals surface area contributed by atoms with E-state index in [0.717, 1.165) is 12.3 Å². The zero-order valence-corrected chi connectivity index (χ0v) is 9.75. The summed E-state index contributed by atoms with van der Waals surface area (Å²) in [5.41, 5.74) is 6.97. The SMILES string of the molecule is COc1ccc(Br)c(C2CC2CN)c1. The van der Waals surface area contributed by atoms with Gasteiger partial charge in [0.05, 0.1) is 7.11 Å². The summed E-state index contributed by atoms with van der Waals surface area (Å²) in [5, 5.41) is 0. The van der Waals surface area contributed by atoms with Crippen molar-refractivity contribution < 1.29 is 4.74 Å². The van der Waals surface area contributed by atoms with Gasteiger partial charge in [-0.2, -0.15) is 0 Å². The van der Waals surface area contributed by atoms with Crippen molar-refractivity contribution in [2.75, 3.05) is 13.7 Å². The molecule has 0 saturated heterocycles. The number of hydrogen-bond acceptors (Lipinski definition) is 2. The molecule has 0 bridgehead atoms. The quantitative estimate of drug-likeness (QED) is 0.901. The lowest BCUT2D eigenvalue weighted by molar-refractivity contribution is 0.414. The standard InChI is InChI=1S/C11H14BrNO/c1-14-8-2-3-11(12)10(5-8)9-4-7(9)6-13/h2-3,5,7,9H,4,6,13H2,1H3. The molecule has 2 nitrogen and oxygen atoms in total. The van der Waals surface area contributed by atoms with Crippen molar-refractivity contribution in [2.24, 2.45) is 11.7 Å². The van der Waals surface area contributed by atoms with Crippen LogP contribution in [0.3, 0.4) is 0 Å². The monoisotopic (exact) mass is 255 g/mol. The van der Waals surface area contributed by atoms with E-state index in [9.17, 15) is 0 Å². The highest BCUT2D eigenvalue weighted by atomic mass is 79.9. The highest BCUT2D eigenvalue weighted by molar-refractivity contribution is 9.10. The molecule has 1 aromatic rings. The van der Waals surface area contributed by atoms with Gasteiger partial charge in [0.2, 0.25) is 0 Å². The fraction of sp³-hybridized carbons (Fsp3) is 0.455. The topological polar surface area (TPSA) is 35.2 Å². The van der Waals surface area contributed by atoms with Crippen molar-refractivity contribution in [1.29, 1.82) is 0 Å². The highest BCUT2D eigenvalue weighted by Gasteiger charge is 2.38. The molecule has 1 fully saturated rings. The van der Waals surface area contributed by atoms with Crippen molar-refractivity contribution >= 4 is 15.9 Å². The van der Waals surface area contributed by atoms with Gasteiger partial charge in [-0.3, -0.25) is 0 Å². The fourth-order valence-corrected chi connectivity index (χ4v) is 2.36. The lowest BCUT2D eigenvalue weighted by Gasteiger charge is -2.06. The number of ether oxygens (including phenoxy) is 1. The predicted octanol–water partition coefficient (Wildman–Crippen LogP) is 2.52. The normalized spacial score (nSPS) is 24.8. The van der Waals surface area contributed by atoms with Crippen molar-refractivity contribution in [3.8, 4) is 5.75 Å². The fourth-order valence-electron chi connectivity index (χ4n) is 1.82. The third-order valence-corrected chi connectivity index (χ3v) is 3.55. The lowest BCUT2D eigenvalue weighted by atomic mass is 10.1. The average Bonchev–Trinajstić information content (AvgIpc) is 2.98. The van der Waals surface area contributed by atoms with Crippen LogP contribution in [-0.2, 0) is 0 Å². The van der Waals surface area contributed by atoms with Gasteiger partial charge in [0.25, 0.3) is 0 Å². The molecule has 2 N–H and O–H groups in total. The first kappa shape index (κ1) is 9.99. The summed E-state index contributed by atoms with van der Waals surface area (Å²) in [6.45, 7) is 0.786. The minimum Gasteiger partial charge on any atom is -0.497 e. The largest absolute Gasteiger partial charge is 0.497 e. The van der Waals surface area contributed by atoms with E-state index in [2.05, 4.69) is 22.0 Å². The van der Waals surface area contributed by atoms with Gasteiger partial charge in [-0.15, -0.1) is 0 Å². The van der Waals surface area contributed by atoms with E-state index >= 15 is 0 Å². The molecular formula is C11H14BrNO. The molecule has 0 radical (unpaired) electrons.